The van der Waals surface area contributed by atoms with E-state index in [2.05, 4.69) is 13.8 Å². The molecule has 0 radical (unpaired) electrons. The highest BCUT2D eigenvalue weighted by Gasteiger charge is 2.40. The van der Waals surface area contributed by atoms with E-state index in [1.165, 1.54) is 12.8 Å². The van der Waals surface area contributed by atoms with Crippen molar-refractivity contribution in [2.75, 3.05) is 0 Å². The Hall–Kier alpha value is 0.250. The van der Waals surface area contributed by atoms with Crippen LogP contribution in [0.2, 0.25) is 0 Å². The van der Waals surface area contributed by atoms with Gasteiger partial charge in [-0.25, -0.2) is 0 Å². The van der Waals surface area contributed by atoms with Gasteiger partial charge in [0, 0.05) is 6.04 Å². The smallest absolute Gasteiger partial charge is 0.00643 e. The number of halogens is 1. The lowest BCUT2D eigenvalue weighted by atomic mass is 10.0. The first kappa shape index (κ1) is 8.25. The van der Waals surface area contributed by atoms with Crippen LogP contribution >= 0.6 is 12.4 Å². The summed E-state index contributed by atoms with van der Waals surface area (Å²) in [7, 11) is 0. The first-order valence-corrected chi connectivity index (χ1v) is 2.91. The minimum absolute atomic E-state index is 0. The van der Waals surface area contributed by atoms with Gasteiger partial charge in [0.05, 0.1) is 0 Å². The quantitative estimate of drug-likeness (QED) is 0.580. The summed E-state index contributed by atoms with van der Waals surface area (Å²) in [5.41, 5.74) is 6.16. The van der Waals surface area contributed by atoms with Crippen LogP contribution in [0.25, 0.3) is 0 Å². The highest BCUT2D eigenvalue weighted by Crippen LogP contribution is 2.46. The fourth-order valence-corrected chi connectivity index (χ4v) is 0.653. The highest BCUT2D eigenvalue weighted by molar-refractivity contribution is 5.85. The Morgan fingerprint density at radius 1 is 1.50 bits per heavy atom. The van der Waals surface area contributed by atoms with Gasteiger partial charge in [-0.1, -0.05) is 6.92 Å². The zero-order valence-corrected chi connectivity index (χ0v) is 6.29. The molecule has 0 aromatic carbocycles. The molecular formula is C6H14ClN. The maximum Gasteiger partial charge on any atom is 0.00643 e. The second kappa shape index (κ2) is 2.24. The molecule has 2 N–H and O–H groups in total. The van der Waals surface area contributed by atoms with Crippen molar-refractivity contribution in [2.24, 2.45) is 11.1 Å². The minimum atomic E-state index is 0. The summed E-state index contributed by atoms with van der Waals surface area (Å²) in [6.07, 6.45) is 2.68. The van der Waals surface area contributed by atoms with Gasteiger partial charge in [0.15, 0.2) is 0 Å². The average molecular weight is 136 g/mol. The van der Waals surface area contributed by atoms with E-state index in [1.54, 1.807) is 0 Å². The number of hydrogen-bond donors (Lipinski definition) is 1. The fourth-order valence-electron chi connectivity index (χ4n) is 0.653. The van der Waals surface area contributed by atoms with Crippen molar-refractivity contribution in [1.82, 2.24) is 0 Å². The second-order valence-corrected chi connectivity index (χ2v) is 2.94. The summed E-state index contributed by atoms with van der Waals surface area (Å²) in [5, 5.41) is 0. The van der Waals surface area contributed by atoms with E-state index in [0.29, 0.717) is 11.5 Å². The Labute approximate surface area is 57.1 Å². The van der Waals surface area contributed by atoms with Crippen molar-refractivity contribution in [3.63, 3.8) is 0 Å². The van der Waals surface area contributed by atoms with Crippen LogP contribution in [0, 0.1) is 5.41 Å². The standard InChI is InChI=1S/C6H13N.ClH/c1-5(7)6(2)3-4-6;/h5H,3-4,7H2,1-2H3;1H/t5-;/m1./s1. The molecule has 1 saturated carbocycles. The molecular weight excluding hydrogens is 122 g/mol. The molecule has 0 saturated heterocycles. The van der Waals surface area contributed by atoms with Crippen molar-refractivity contribution < 1.29 is 0 Å². The summed E-state index contributed by atoms with van der Waals surface area (Å²) in [6.45, 7) is 4.34. The molecule has 0 heterocycles. The Kier molecular flexibility index (Phi) is 2.31. The number of nitrogens with two attached hydrogens (primary N) is 1. The van der Waals surface area contributed by atoms with Crippen LogP contribution in [-0.2, 0) is 0 Å². The van der Waals surface area contributed by atoms with Crippen LogP contribution < -0.4 is 5.73 Å². The Balaban J connectivity index is 0.000000490. The molecule has 50 valence electrons. The van der Waals surface area contributed by atoms with Crippen molar-refractivity contribution in [1.29, 1.82) is 0 Å². The van der Waals surface area contributed by atoms with E-state index in [-0.39, 0.29) is 12.4 Å². The molecule has 0 bridgehead atoms. The predicted octanol–water partition coefficient (Wildman–Crippen LogP) is 1.56. The number of rotatable bonds is 1. The van der Waals surface area contributed by atoms with E-state index in [4.69, 9.17) is 5.73 Å². The van der Waals surface area contributed by atoms with Crippen molar-refractivity contribution >= 4 is 12.4 Å². The van der Waals surface area contributed by atoms with Gasteiger partial charge < -0.3 is 5.73 Å². The van der Waals surface area contributed by atoms with Crippen LogP contribution in [0.1, 0.15) is 26.7 Å². The molecule has 1 atom stereocenters. The third kappa shape index (κ3) is 1.36. The SMILES string of the molecule is C[C@@H](N)C1(C)CC1.Cl. The van der Waals surface area contributed by atoms with Crippen LogP contribution in [0.5, 0.6) is 0 Å². The Morgan fingerprint density at radius 2 is 1.88 bits per heavy atom. The van der Waals surface area contributed by atoms with Gasteiger partial charge in [0.25, 0.3) is 0 Å². The highest BCUT2D eigenvalue weighted by atomic mass is 35.5. The maximum absolute atomic E-state index is 5.63. The first-order valence-electron chi connectivity index (χ1n) is 2.91. The second-order valence-electron chi connectivity index (χ2n) is 2.94. The lowest BCUT2D eigenvalue weighted by Crippen LogP contribution is -2.25. The molecule has 1 aliphatic carbocycles. The van der Waals surface area contributed by atoms with Gasteiger partial charge in [-0.3, -0.25) is 0 Å². The first-order chi connectivity index (χ1) is 3.15. The van der Waals surface area contributed by atoms with E-state index in [0.717, 1.165) is 0 Å². The molecule has 0 aliphatic heterocycles. The largest absolute Gasteiger partial charge is 0.327 e. The minimum Gasteiger partial charge on any atom is -0.327 e. The lowest BCUT2D eigenvalue weighted by Gasteiger charge is -2.10. The number of hydrogen-bond acceptors (Lipinski definition) is 1. The monoisotopic (exact) mass is 135 g/mol. The molecule has 1 aliphatic rings. The van der Waals surface area contributed by atoms with Crippen molar-refractivity contribution in [2.45, 2.75) is 32.7 Å². The third-order valence-electron chi connectivity index (χ3n) is 2.14. The molecule has 0 aromatic rings. The molecule has 0 spiro atoms. The summed E-state index contributed by atoms with van der Waals surface area (Å²) in [4.78, 5) is 0. The van der Waals surface area contributed by atoms with Gasteiger partial charge in [0.2, 0.25) is 0 Å². The van der Waals surface area contributed by atoms with Gasteiger partial charge in [-0.15, -0.1) is 12.4 Å². The van der Waals surface area contributed by atoms with Gasteiger partial charge in [-0.2, -0.15) is 0 Å². The Morgan fingerprint density at radius 3 is 1.88 bits per heavy atom. The van der Waals surface area contributed by atoms with Gasteiger partial charge in [0.1, 0.15) is 0 Å². The molecule has 0 aromatic heterocycles. The summed E-state index contributed by atoms with van der Waals surface area (Å²) < 4.78 is 0. The van der Waals surface area contributed by atoms with E-state index < -0.39 is 0 Å². The van der Waals surface area contributed by atoms with Gasteiger partial charge >= 0.3 is 0 Å². The lowest BCUT2D eigenvalue weighted by molar-refractivity contribution is 0.465. The van der Waals surface area contributed by atoms with E-state index in [1.807, 2.05) is 0 Å². The molecule has 1 nitrogen and oxygen atoms in total. The molecule has 0 unspecified atom stereocenters. The van der Waals surface area contributed by atoms with Crippen LogP contribution in [0.3, 0.4) is 0 Å². The summed E-state index contributed by atoms with van der Waals surface area (Å²) in [5.74, 6) is 0. The van der Waals surface area contributed by atoms with Gasteiger partial charge in [-0.05, 0) is 25.2 Å². The predicted molar refractivity (Wildman–Crippen MR) is 38.2 cm³/mol. The zero-order chi connectivity index (χ0) is 5.49. The van der Waals surface area contributed by atoms with E-state index in [9.17, 15) is 0 Å². The molecule has 1 fully saturated rings. The van der Waals surface area contributed by atoms with Crippen LogP contribution in [0.4, 0.5) is 0 Å². The van der Waals surface area contributed by atoms with Crippen LogP contribution in [-0.4, -0.2) is 6.04 Å². The fraction of sp³-hybridized carbons (Fsp3) is 1.00. The molecule has 2 heteroatoms. The van der Waals surface area contributed by atoms with Crippen molar-refractivity contribution in [3.05, 3.63) is 0 Å². The summed E-state index contributed by atoms with van der Waals surface area (Å²) in [6, 6.07) is 0.410. The normalized spacial score (nSPS) is 25.9. The van der Waals surface area contributed by atoms with E-state index >= 15 is 0 Å². The molecule has 0 amide bonds. The van der Waals surface area contributed by atoms with Crippen molar-refractivity contribution in [3.8, 4) is 0 Å². The topological polar surface area (TPSA) is 26.0 Å². The molecule has 1 rings (SSSR count). The molecule has 8 heavy (non-hydrogen) atoms. The average Bonchev–Trinajstić information content (AvgIpc) is 2.21. The van der Waals surface area contributed by atoms with Crippen LogP contribution in [0.15, 0.2) is 0 Å². The zero-order valence-electron chi connectivity index (χ0n) is 5.48. The maximum atomic E-state index is 5.63. The Bertz CT molecular complexity index is 76.6. The summed E-state index contributed by atoms with van der Waals surface area (Å²) >= 11 is 0. The third-order valence-corrected chi connectivity index (χ3v) is 2.14.